The van der Waals surface area contributed by atoms with Gasteiger partial charge in [0.25, 0.3) is 5.72 Å². The maximum absolute atomic E-state index is 13.6. The number of ether oxygens (including phenoxy) is 2. The topological polar surface area (TPSA) is 96.9 Å². The number of hydrogen-bond acceptors (Lipinski definition) is 5. The fourth-order valence-electron chi connectivity index (χ4n) is 3.33. The van der Waals surface area contributed by atoms with Crippen molar-refractivity contribution in [3.05, 3.63) is 65.7 Å². The quantitative estimate of drug-likeness (QED) is 0.603. The number of rotatable bonds is 6. The Kier molecular flexibility index (Phi) is 6.40. The van der Waals surface area contributed by atoms with Crippen molar-refractivity contribution in [1.82, 2.24) is 10.6 Å². The summed E-state index contributed by atoms with van der Waals surface area (Å²) in [5, 5.41) is 14.0. The number of carbonyl (C=O) groups is 2. The van der Waals surface area contributed by atoms with Crippen molar-refractivity contribution in [2.45, 2.75) is 31.5 Å². The molecule has 1 fully saturated rings. The second-order valence-electron chi connectivity index (χ2n) is 6.91. The molecular weight excluding hydrogens is 417 g/mol. The van der Waals surface area contributed by atoms with E-state index in [-0.39, 0.29) is 18.8 Å². The minimum Gasteiger partial charge on any atom is -0.489 e. The lowest BCUT2D eigenvalue weighted by atomic mass is 9.82. The molecule has 3 atom stereocenters. The van der Waals surface area contributed by atoms with E-state index in [1.165, 1.54) is 36.5 Å². The molecule has 0 saturated carbocycles. The molecule has 166 valence electrons. The first-order valence-electron chi connectivity index (χ1n) is 9.47. The van der Waals surface area contributed by atoms with Crippen LogP contribution in [0.1, 0.15) is 24.1 Å². The number of amides is 2. The first kappa shape index (κ1) is 22.4. The minimum absolute atomic E-state index is 0.169. The number of halogens is 3. The van der Waals surface area contributed by atoms with Gasteiger partial charge in [-0.25, -0.2) is 4.79 Å². The van der Waals surface area contributed by atoms with Gasteiger partial charge >= 0.3 is 18.2 Å². The molecule has 31 heavy (non-hydrogen) atoms. The molecule has 0 radical (unpaired) electrons. The number of urea groups is 1. The van der Waals surface area contributed by atoms with Crippen LogP contribution in [0.3, 0.4) is 0 Å². The zero-order chi connectivity index (χ0) is 22.6. The summed E-state index contributed by atoms with van der Waals surface area (Å²) in [6.45, 7) is 1.51. The van der Waals surface area contributed by atoms with E-state index >= 15 is 0 Å². The van der Waals surface area contributed by atoms with Crippen molar-refractivity contribution in [2.75, 3.05) is 6.61 Å². The Bertz CT molecular complexity index is 921. The molecule has 3 N–H and O–H groups in total. The molecule has 10 heteroatoms. The highest BCUT2D eigenvalue weighted by Crippen LogP contribution is 2.43. The minimum atomic E-state index is -5.32. The summed E-state index contributed by atoms with van der Waals surface area (Å²) in [4.78, 5) is 24.3. The fraction of sp³-hybridized carbons (Fsp3) is 0.333. The molecule has 1 saturated heterocycles. The van der Waals surface area contributed by atoms with Crippen LogP contribution in [0.2, 0.25) is 0 Å². The van der Waals surface area contributed by atoms with Crippen LogP contribution < -0.4 is 15.4 Å². The van der Waals surface area contributed by atoms with Crippen molar-refractivity contribution in [2.24, 2.45) is 5.92 Å². The Morgan fingerprint density at radius 2 is 1.77 bits per heavy atom. The predicted octanol–water partition coefficient (Wildman–Crippen LogP) is 3.05. The molecular formula is C21H21F3N2O5. The Morgan fingerprint density at radius 1 is 1.13 bits per heavy atom. The van der Waals surface area contributed by atoms with E-state index < -0.39 is 35.9 Å². The fourth-order valence-corrected chi connectivity index (χ4v) is 3.33. The molecule has 0 aromatic heterocycles. The van der Waals surface area contributed by atoms with Crippen LogP contribution in [0.25, 0.3) is 0 Å². The molecule has 1 aliphatic rings. The molecule has 7 nitrogen and oxygen atoms in total. The predicted molar refractivity (Wildman–Crippen MR) is 103 cm³/mol. The summed E-state index contributed by atoms with van der Waals surface area (Å²) in [5.74, 6) is -3.03. The van der Waals surface area contributed by atoms with Crippen LogP contribution in [-0.4, -0.2) is 35.6 Å². The lowest BCUT2D eigenvalue weighted by Gasteiger charge is -2.44. The smallest absolute Gasteiger partial charge is 0.437 e. The number of benzene rings is 2. The number of alkyl halides is 3. The lowest BCUT2D eigenvalue weighted by molar-refractivity contribution is -0.294. The van der Waals surface area contributed by atoms with E-state index in [0.29, 0.717) is 5.75 Å². The summed E-state index contributed by atoms with van der Waals surface area (Å²) in [6.07, 6.45) is -5.32. The standard InChI is InChI=1S/C21H21F3N2O5/c1-2-30-18(27)16-17(25-19(28)26-20(16,29)21(22,23)24)14-8-10-15(11-9-14)31-12-13-6-4-3-5-7-13/h3-11,16-17,29H,2,12H2,1H3,(H2,25,26,28)/t16-,17+,20-/m0/s1. The van der Waals surface area contributed by atoms with E-state index in [1.807, 2.05) is 30.3 Å². The molecule has 1 aliphatic heterocycles. The second kappa shape index (κ2) is 8.84. The number of esters is 1. The van der Waals surface area contributed by atoms with Gasteiger partial charge in [0.05, 0.1) is 12.6 Å². The molecule has 2 aromatic carbocycles. The number of hydrogen-bond donors (Lipinski definition) is 3. The second-order valence-corrected chi connectivity index (χ2v) is 6.91. The van der Waals surface area contributed by atoms with Crippen molar-refractivity contribution >= 4 is 12.0 Å². The van der Waals surface area contributed by atoms with Crippen LogP contribution in [0.15, 0.2) is 54.6 Å². The van der Waals surface area contributed by atoms with E-state index in [2.05, 4.69) is 5.32 Å². The first-order valence-corrected chi connectivity index (χ1v) is 9.47. The van der Waals surface area contributed by atoms with Crippen molar-refractivity contribution in [3.63, 3.8) is 0 Å². The molecule has 3 rings (SSSR count). The van der Waals surface area contributed by atoms with Gasteiger partial charge in [0.1, 0.15) is 18.3 Å². The molecule has 2 aromatic rings. The lowest BCUT2D eigenvalue weighted by Crippen LogP contribution is -2.73. The molecule has 1 heterocycles. The van der Waals surface area contributed by atoms with Crippen molar-refractivity contribution in [1.29, 1.82) is 0 Å². The monoisotopic (exact) mass is 438 g/mol. The zero-order valence-corrected chi connectivity index (χ0v) is 16.5. The van der Waals surface area contributed by atoms with Gasteiger partial charge in [-0.05, 0) is 30.2 Å². The van der Waals surface area contributed by atoms with Gasteiger partial charge in [0.15, 0.2) is 0 Å². The Hall–Kier alpha value is -3.27. The largest absolute Gasteiger partial charge is 0.489 e. The highest BCUT2D eigenvalue weighted by atomic mass is 19.4. The Morgan fingerprint density at radius 3 is 2.35 bits per heavy atom. The van der Waals surface area contributed by atoms with E-state index in [1.54, 1.807) is 0 Å². The summed E-state index contributed by atoms with van der Waals surface area (Å²) in [7, 11) is 0. The van der Waals surface area contributed by atoms with E-state index in [4.69, 9.17) is 9.47 Å². The molecule has 0 spiro atoms. The van der Waals surface area contributed by atoms with Crippen LogP contribution in [-0.2, 0) is 16.1 Å². The average Bonchev–Trinajstić information content (AvgIpc) is 2.72. The van der Waals surface area contributed by atoms with Gasteiger partial charge in [0.2, 0.25) is 0 Å². The van der Waals surface area contributed by atoms with Crippen LogP contribution >= 0.6 is 0 Å². The number of aliphatic hydroxyl groups is 1. The maximum atomic E-state index is 13.6. The first-order chi connectivity index (χ1) is 14.7. The van der Waals surface area contributed by atoms with Crippen LogP contribution in [0, 0.1) is 5.92 Å². The summed E-state index contributed by atoms with van der Waals surface area (Å²) in [6, 6.07) is 12.4. The van der Waals surface area contributed by atoms with Gasteiger partial charge in [-0.3, -0.25) is 4.79 Å². The third-order valence-electron chi connectivity index (χ3n) is 4.83. The summed E-state index contributed by atoms with van der Waals surface area (Å²) in [5.41, 5.74) is -2.70. The van der Waals surface area contributed by atoms with Crippen molar-refractivity contribution in [3.8, 4) is 5.75 Å². The highest BCUT2D eigenvalue weighted by Gasteiger charge is 2.67. The van der Waals surface area contributed by atoms with E-state index in [0.717, 1.165) is 5.56 Å². The maximum Gasteiger partial charge on any atom is 0.437 e. The Labute approximate surface area is 176 Å². The van der Waals surface area contributed by atoms with Gasteiger partial charge in [-0.2, -0.15) is 13.2 Å². The highest BCUT2D eigenvalue weighted by molar-refractivity contribution is 5.83. The Balaban J connectivity index is 1.87. The van der Waals surface area contributed by atoms with Crippen molar-refractivity contribution < 1.29 is 37.3 Å². The van der Waals surface area contributed by atoms with E-state index in [9.17, 15) is 27.9 Å². The van der Waals surface area contributed by atoms with Gasteiger partial charge in [-0.1, -0.05) is 42.5 Å². The molecule has 0 bridgehead atoms. The SMILES string of the molecule is CCOC(=O)[C@@H]1[C@@H](c2ccc(OCc3ccccc3)cc2)NC(=O)N[C@@]1(O)C(F)(F)F. The van der Waals surface area contributed by atoms with Gasteiger partial charge in [-0.15, -0.1) is 0 Å². The van der Waals surface area contributed by atoms with Crippen LogP contribution in [0.5, 0.6) is 5.75 Å². The number of nitrogens with one attached hydrogen (secondary N) is 2. The third kappa shape index (κ3) is 4.74. The average molecular weight is 438 g/mol. The van der Waals surface area contributed by atoms with Gasteiger partial charge in [0, 0.05) is 0 Å². The summed E-state index contributed by atoms with van der Waals surface area (Å²) >= 11 is 0. The van der Waals surface area contributed by atoms with Crippen LogP contribution in [0.4, 0.5) is 18.0 Å². The van der Waals surface area contributed by atoms with Gasteiger partial charge < -0.3 is 25.2 Å². The number of carbonyl (C=O) groups excluding carboxylic acids is 2. The molecule has 0 unspecified atom stereocenters. The molecule has 2 amide bonds. The third-order valence-corrected chi connectivity index (χ3v) is 4.83. The zero-order valence-electron chi connectivity index (χ0n) is 16.5. The normalized spacial score (nSPS) is 23.5. The molecule has 0 aliphatic carbocycles. The summed E-state index contributed by atoms with van der Waals surface area (Å²) < 4.78 is 51.3.